The zero-order valence-corrected chi connectivity index (χ0v) is 5.99. The molecule has 0 unspecified atom stereocenters. The third-order valence-corrected chi connectivity index (χ3v) is 1.18. The van der Waals surface area contributed by atoms with E-state index in [9.17, 15) is 0 Å². The summed E-state index contributed by atoms with van der Waals surface area (Å²) in [4.78, 5) is 0. The smallest absolute Gasteiger partial charge is 0.0374 e. The molecule has 46 valence electrons. The second-order valence-electron chi connectivity index (χ2n) is 2.08. The first-order valence-corrected chi connectivity index (χ1v) is 3.01. The average Bonchev–Trinajstić information content (AvgIpc) is 1.67. The van der Waals surface area contributed by atoms with Crippen molar-refractivity contribution in [2.75, 3.05) is 0 Å². The Morgan fingerprint density at radius 2 is 2.00 bits per heavy atom. The molecule has 0 heteroatoms. The fourth-order valence-corrected chi connectivity index (χ4v) is 0.480. The first-order chi connectivity index (χ1) is 3.68. The normalized spacial score (nSPS) is 11.6. The second-order valence-corrected chi connectivity index (χ2v) is 2.08. The molecule has 0 radical (unpaired) electrons. The van der Waals surface area contributed by atoms with E-state index in [2.05, 4.69) is 26.5 Å². The summed E-state index contributed by atoms with van der Waals surface area (Å²) in [7, 11) is 0. The van der Waals surface area contributed by atoms with Crippen LogP contribution in [0.1, 0.15) is 27.2 Å². The van der Waals surface area contributed by atoms with Gasteiger partial charge in [0.15, 0.2) is 0 Å². The fraction of sp³-hybridized carbons (Fsp3) is 0.500. The Morgan fingerprint density at radius 1 is 1.50 bits per heavy atom. The summed E-state index contributed by atoms with van der Waals surface area (Å²) < 4.78 is 0. The van der Waals surface area contributed by atoms with Crippen molar-refractivity contribution >= 4 is 0 Å². The molecule has 0 N–H and O–H groups in total. The number of hydrogen-bond acceptors (Lipinski definition) is 0. The van der Waals surface area contributed by atoms with Gasteiger partial charge >= 0.3 is 0 Å². The molecule has 0 saturated heterocycles. The van der Waals surface area contributed by atoms with Gasteiger partial charge in [0, 0.05) is 0 Å². The van der Waals surface area contributed by atoms with E-state index in [-0.39, 0.29) is 0 Å². The van der Waals surface area contributed by atoms with Gasteiger partial charge in [-0.1, -0.05) is 30.7 Å². The van der Waals surface area contributed by atoms with Crippen LogP contribution >= 0.6 is 0 Å². The summed E-state index contributed by atoms with van der Waals surface area (Å²) in [5.74, 6) is 0. The molecule has 8 heavy (non-hydrogen) atoms. The quantitative estimate of drug-likeness (QED) is 0.479. The second kappa shape index (κ2) is 3.48. The molecule has 0 amide bonds. The predicted molar refractivity (Wildman–Crippen MR) is 38.9 cm³/mol. The van der Waals surface area contributed by atoms with Crippen LogP contribution < -0.4 is 0 Å². The van der Waals surface area contributed by atoms with E-state index in [4.69, 9.17) is 0 Å². The summed E-state index contributed by atoms with van der Waals surface area (Å²) >= 11 is 0. The van der Waals surface area contributed by atoms with Gasteiger partial charge in [-0.25, -0.2) is 0 Å². The Hall–Kier alpha value is -0.520. The molecule has 0 aliphatic carbocycles. The van der Waals surface area contributed by atoms with Crippen molar-refractivity contribution in [3.63, 3.8) is 0 Å². The van der Waals surface area contributed by atoms with Crippen molar-refractivity contribution in [2.24, 2.45) is 0 Å². The molecule has 0 aromatic carbocycles. The monoisotopic (exact) mass is 110 g/mol. The van der Waals surface area contributed by atoms with Crippen molar-refractivity contribution in [2.45, 2.75) is 27.2 Å². The highest BCUT2D eigenvalue weighted by molar-refractivity contribution is 5.23. The highest BCUT2D eigenvalue weighted by atomic mass is 13.9. The molecule has 0 aliphatic rings. The summed E-state index contributed by atoms with van der Waals surface area (Å²) in [5.41, 5.74) is 2.49. The minimum Gasteiger partial charge on any atom is -0.0959 e. The standard InChI is InChI=1S/C8H14/c1-5-6-8(4)7(2)3/h6H,2,5H2,1,3-4H3/b8-6-. The minimum atomic E-state index is 1.11. The summed E-state index contributed by atoms with van der Waals surface area (Å²) in [6, 6.07) is 0. The van der Waals surface area contributed by atoms with E-state index in [0.717, 1.165) is 6.42 Å². The van der Waals surface area contributed by atoms with Crippen LogP contribution in [0, 0.1) is 0 Å². The molecule has 0 heterocycles. The maximum Gasteiger partial charge on any atom is -0.0374 e. The maximum absolute atomic E-state index is 3.81. The zero-order valence-electron chi connectivity index (χ0n) is 5.99. The SMILES string of the molecule is C=C(C)/C(C)=C\CC. The number of rotatable bonds is 2. The van der Waals surface area contributed by atoms with Crippen LogP contribution in [0.25, 0.3) is 0 Å². The van der Waals surface area contributed by atoms with E-state index in [1.54, 1.807) is 0 Å². The van der Waals surface area contributed by atoms with Crippen LogP contribution in [-0.2, 0) is 0 Å². The Balaban J connectivity index is 3.80. The molecule has 0 bridgehead atoms. The fourth-order valence-electron chi connectivity index (χ4n) is 0.480. The lowest BCUT2D eigenvalue weighted by molar-refractivity contribution is 1.18. The van der Waals surface area contributed by atoms with E-state index in [0.29, 0.717) is 0 Å². The van der Waals surface area contributed by atoms with Crippen LogP contribution in [0.5, 0.6) is 0 Å². The molecule has 0 spiro atoms. The van der Waals surface area contributed by atoms with Crippen molar-refractivity contribution in [3.05, 3.63) is 23.8 Å². The lowest BCUT2D eigenvalue weighted by Crippen LogP contribution is -1.73. The Kier molecular flexibility index (Phi) is 3.25. The van der Waals surface area contributed by atoms with Crippen LogP contribution in [0.2, 0.25) is 0 Å². The molecule has 0 aromatic rings. The predicted octanol–water partition coefficient (Wildman–Crippen LogP) is 2.92. The average molecular weight is 110 g/mol. The maximum atomic E-state index is 3.81. The Bertz CT molecular complexity index is 107. The van der Waals surface area contributed by atoms with Crippen molar-refractivity contribution < 1.29 is 0 Å². The molecule has 0 rings (SSSR count). The van der Waals surface area contributed by atoms with E-state index in [1.807, 2.05) is 6.92 Å². The van der Waals surface area contributed by atoms with Gasteiger partial charge in [-0.2, -0.15) is 0 Å². The molecule has 0 nitrogen and oxygen atoms in total. The zero-order chi connectivity index (χ0) is 6.57. The van der Waals surface area contributed by atoms with Crippen LogP contribution in [0.3, 0.4) is 0 Å². The molecule has 0 fully saturated rings. The molecular weight excluding hydrogens is 96.1 g/mol. The van der Waals surface area contributed by atoms with Crippen LogP contribution in [0.15, 0.2) is 23.8 Å². The summed E-state index contributed by atoms with van der Waals surface area (Å²) in [5, 5.41) is 0. The summed E-state index contributed by atoms with van der Waals surface area (Å²) in [6.45, 7) is 10.1. The minimum absolute atomic E-state index is 1.11. The van der Waals surface area contributed by atoms with Gasteiger partial charge in [-0.15, -0.1) is 0 Å². The van der Waals surface area contributed by atoms with Gasteiger partial charge in [0.05, 0.1) is 0 Å². The topological polar surface area (TPSA) is 0 Å². The van der Waals surface area contributed by atoms with E-state index < -0.39 is 0 Å². The van der Waals surface area contributed by atoms with Gasteiger partial charge in [0.25, 0.3) is 0 Å². The van der Waals surface area contributed by atoms with Gasteiger partial charge in [-0.3, -0.25) is 0 Å². The summed E-state index contributed by atoms with van der Waals surface area (Å²) in [6.07, 6.45) is 3.29. The molecule has 0 saturated carbocycles. The third-order valence-electron chi connectivity index (χ3n) is 1.18. The first-order valence-electron chi connectivity index (χ1n) is 3.01. The van der Waals surface area contributed by atoms with Gasteiger partial charge in [-0.05, 0) is 20.3 Å². The highest BCUT2D eigenvalue weighted by Gasteiger charge is 1.83. The molecular formula is C8H14. The van der Waals surface area contributed by atoms with Gasteiger partial charge in [0.2, 0.25) is 0 Å². The first kappa shape index (κ1) is 7.48. The van der Waals surface area contributed by atoms with Crippen molar-refractivity contribution in [1.29, 1.82) is 0 Å². The Morgan fingerprint density at radius 3 is 2.12 bits per heavy atom. The van der Waals surface area contributed by atoms with Crippen LogP contribution in [-0.4, -0.2) is 0 Å². The number of allylic oxidation sites excluding steroid dienone is 3. The molecule has 0 aromatic heterocycles. The molecule has 0 atom stereocenters. The lowest BCUT2D eigenvalue weighted by Gasteiger charge is -1.94. The van der Waals surface area contributed by atoms with Gasteiger partial charge < -0.3 is 0 Å². The Labute approximate surface area is 51.9 Å². The number of hydrogen-bond donors (Lipinski definition) is 0. The van der Waals surface area contributed by atoms with Gasteiger partial charge in [0.1, 0.15) is 0 Å². The highest BCUT2D eigenvalue weighted by Crippen LogP contribution is 2.04. The van der Waals surface area contributed by atoms with E-state index in [1.165, 1.54) is 11.1 Å². The van der Waals surface area contributed by atoms with Crippen molar-refractivity contribution in [3.8, 4) is 0 Å². The lowest BCUT2D eigenvalue weighted by atomic mass is 10.1. The molecule has 0 aliphatic heterocycles. The largest absolute Gasteiger partial charge is 0.0959 e. The third kappa shape index (κ3) is 2.62. The van der Waals surface area contributed by atoms with Crippen LogP contribution in [0.4, 0.5) is 0 Å². The van der Waals surface area contributed by atoms with Crippen molar-refractivity contribution in [1.82, 2.24) is 0 Å². The van der Waals surface area contributed by atoms with E-state index >= 15 is 0 Å².